The van der Waals surface area contributed by atoms with Crippen molar-refractivity contribution in [3.05, 3.63) is 33.8 Å². The lowest BCUT2D eigenvalue weighted by Gasteiger charge is -2.36. The number of sulfone groups is 1. The molecular weight excluding hydrogens is 374 g/mol. The summed E-state index contributed by atoms with van der Waals surface area (Å²) < 4.78 is 23.5. The molecule has 1 heterocycles. The van der Waals surface area contributed by atoms with Gasteiger partial charge in [0.2, 0.25) is 0 Å². The number of hydrogen-bond donors (Lipinski definition) is 0. The highest BCUT2D eigenvalue weighted by Crippen LogP contribution is 2.43. The summed E-state index contributed by atoms with van der Waals surface area (Å²) in [5.74, 6) is 0.818. The lowest BCUT2D eigenvalue weighted by Crippen LogP contribution is -2.38. The van der Waals surface area contributed by atoms with Gasteiger partial charge in [-0.05, 0) is 36.5 Å². The van der Waals surface area contributed by atoms with E-state index in [0.717, 1.165) is 5.56 Å². The summed E-state index contributed by atoms with van der Waals surface area (Å²) in [5, 5.41) is 1.12. The van der Waals surface area contributed by atoms with Crippen LogP contribution in [0.1, 0.15) is 12.0 Å². The van der Waals surface area contributed by atoms with E-state index < -0.39 is 15.3 Å². The minimum absolute atomic E-state index is 0.0650. The van der Waals surface area contributed by atoms with Crippen LogP contribution in [0.25, 0.3) is 0 Å². The summed E-state index contributed by atoms with van der Waals surface area (Å²) in [7, 11) is -2.99. The van der Waals surface area contributed by atoms with Gasteiger partial charge in [0.05, 0.1) is 11.5 Å². The first-order chi connectivity index (χ1) is 9.83. The zero-order valence-corrected chi connectivity index (χ0v) is 15.1. The van der Waals surface area contributed by atoms with E-state index in [0.29, 0.717) is 22.9 Å². The molecule has 1 aromatic carbocycles. The summed E-state index contributed by atoms with van der Waals surface area (Å²) in [6.45, 7) is 0. The van der Waals surface area contributed by atoms with Crippen LogP contribution in [0.5, 0.6) is 0 Å². The molecule has 21 heavy (non-hydrogen) atoms. The Hall–Kier alpha value is 0.330. The molecule has 2 rings (SSSR count). The van der Waals surface area contributed by atoms with Crippen molar-refractivity contribution in [2.24, 2.45) is 11.3 Å². The highest BCUT2D eigenvalue weighted by Gasteiger charge is 2.44. The zero-order valence-electron chi connectivity index (χ0n) is 11.3. The number of hydrogen-bond acceptors (Lipinski definition) is 2. The third-order valence-electron chi connectivity index (χ3n) is 4.22. The molecule has 0 saturated carbocycles. The maximum Gasteiger partial charge on any atom is 0.150 e. The molecule has 0 spiro atoms. The molecule has 0 N–H and O–H groups in total. The fraction of sp³-hybridized carbons (Fsp3) is 0.571. The highest BCUT2D eigenvalue weighted by atomic mass is 35.5. The lowest BCUT2D eigenvalue weighted by atomic mass is 9.73. The third-order valence-corrected chi connectivity index (χ3v) is 7.76. The van der Waals surface area contributed by atoms with Crippen LogP contribution in [0.2, 0.25) is 10.0 Å². The van der Waals surface area contributed by atoms with Gasteiger partial charge in [0.15, 0.2) is 9.84 Å². The second-order valence-corrected chi connectivity index (χ2v) is 9.18. The Morgan fingerprint density at radius 2 is 1.71 bits per heavy atom. The van der Waals surface area contributed by atoms with Crippen LogP contribution in [-0.2, 0) is 16.3 Å². The molecule has 118 valence electrons. The van der Waals surface area contributed by atoms with Crippen LogP contribution in [-0.4, -0.2) is 31.7 Å². The lowest BCUT2D eigenvalue weighted by molar-refractivity contribution is 0.245. The molecule has 0 aliphatic carbocycles. The predicted octanol–water partition coefficient (Wildman–Crippen LogP) is 4.43. The number of halogens is 4. The Morgan fingerprint density at radius 3 is 2.14 bits per heavy atom. The quantitative estimate of drug-likeness (QED) is 0.697. The van der Waals surface area contributed by atoms with Crippen molar-refractivity contribution >= 4 is 56.2 Å². The second-order valence-electron chi connectivity index (χ2n) is 5.61. The second kappa shape index (κ2) is 6.84. The minimum Gasteiger partial charge on any atom is -0.229 e. The molecule has 1 atom stereocenters. The maximum atomic E-state index is 11.8. The minimum atomic E-state index is -2.99. The molecular formula is C14H16Cl4O2S. The van der Waals surface area contributed by atoms with Crippen molar-refractivity contribution in [2.75, 3.05) is 23.3 Å². The van der Waals surface area contributed by atoms with E-state index in [1.54, 1.807) is 18.2 Å². The highest BCUT2D eigenvalue weighted by molar-refractivity contribution is 7.91. The standard InChI is InChI=1S/C14H16Cl4O2S/c15-8-14(9-16,10-4-5-21(19,20)7-10)6-11-12(17)2-1-3-13(11)18/h1-3,10H,4-9H2. The van der Waals surface area contributed by atoms with Gasteiger partial charge in [0.25, 0.3) is 0 Å². The Labute approximate surface area is 145 Å². The van der Waals surface area contributed by atoms with E-state index in [2.05, 4.69) is 0 Å². The topological polar surface area (TPSA) is 34.1 Å². The third kappa shape index (κ3) is 3.81. The number of alkyl halides is 2. The van der Waals surface area contributed by atoms with Crippen molar-refractivity contribution in [3.63, 3.8) is 0 Å². The van der Waals surface area contributed by atoms with Gasteiger partial charge in [0, 0.05) is 27.2 Å². The molecule has 0 amide bonds. The van der Waals surface area contributed by atoms with Crippen molar-refractivity contribution in [1.82, 2.24) is 0 Å². The molecule has 1 saturated heterocycles. The largest absolute Gasteiger partial charge is 0.229 e. The Morgan fingerprint density at radius 1 is 1.14 bits per heavy atom. The summed E-state index contributed by atoms with van der Waals surface area (Å²) in [6.07, 6.45) is 1.07. The first-order valence-electron chi connectivity index (χ1n) is 6.59. The normalized spacial score (nSPS) is 21.6. The van der Waals surface area contributed by atoms with Crippen molar-refractivity contribution in [1.29, 1.82) is 0 Å². The molecule has 1 unspecified atom stereocenters. The Kier molecular flexibility index (Phi) is 5.76. The Balaban J connectivity index is 2.35. The summed E-state index contributed by atoms with van der Waals surface area (Å²) in [6, 6.07) is 5.31. The molecule has 0 aromatic heterocycles. The van der Waals surface area contributed by atoms with E-state index >= 15 is 0 Å². The van der Waals surface area contributed by atoms with Gasteiger partial charge in [-0.25, -0.2) is 8.42 Å². The van der Waals surface area contributed by atoms with E-state index in [1.807, 2.05) is 0 Å². The van der Waals surface area contributed by atoms with Gasteiger partial charge < -0.3 is 0 Å². The van der Waals surface area contributed by atoms with Gasteiger partial charge in [0.1, 0.15) is 0 Å². The predicted molar refractivity (Wildman–Crippen MR) is 90.8 cm³/mol. The van der Waals surface area contributed by atoms with Gasteiger partial charge in [-0.3, -0.25) is 0 Å². The molecule has 1 aliphatic heterocycles. The SMILES string of the molecule is O=S1(=O)CCC(C(CCl)(CCl)Cc2c(Cl)cccc2Cl)C1. The molecule has 0 radical (unpaired) electrons. The summed E-state index contributed by atoms with van der Waals surface area (Å²) in [4.78, 5) is 0. The van der Waals surface area contributed by atoms with Crippen LogP contribution in [0.4, 0.5) is 0 Å². The van der Waals surface area contributed by atoms with Crippen LogP contribution in [0.3, 0.4) is 0 Å². The first kappa shape index (κ1) is 17.7. The van der Waals surface area contributed by atoms with E-state index in [4.69, 9.17) is 46.4 Å². The molecule has 7 heteroatoms. The fourth-order valence-electron chi connectivity index (χ4n) is 2.82. The van der Waals surface area contributed by atoms with Crippen LogP contribution >= 0.6 is 46.4 Å². The molecule has 1 aliphatic rings. The van der Waals surface area contributed by atoms with Crippen LogP contribution in [0.15, 0.2) is 18.2 Å². The van der Waals surface area contributed by atoms with Gasteiger partial charge in [-0.1, -0.05) is 29.3 Å². The van der Waals surface area contributed by atoms with E-state index in [-0.39, 0.29) is 29.2 Å². The molecule has 1 fully saturated rings. The van der Waals surface area contributed by atoms with Gasteiger partial charge in [-0.2, -0.15) is 0 Å². The van der Waals surface area contributed by atoms with Crippen molar-refractivity contribution in [3.8, 4) is 0 Å². The number of rotatable bonds is 5. The van der Waals surface area contributed by atoms with E-state index in [1.165, 1.54) is 0 Å². The monoisotopic (exact) mass is 388 g/mol. The first-order valence-corrected chi connectivity index (χ1v) is 10.2. The summed E-state index contributed by atoms with van der Waals surface area (Å²) >= 11 is 24.8. The average molecular weight is 390 g/mol. The molecule has 1 aromatic rings. The number of benzene rings is 1. The van der Waals surface area contributed by atoms with Crippen molar-refractivity contribution < 1.29 is 8.42 Å². The Bertz CT molecular complexity index is 591. The van der Waals surface area contributed by atoms with Crippen molar-refractivity contribution in [2.45, 2.75) is 12.8 Å². The van der Waals surface area contributed by atoms with Crippen LogP contribution < -0.4 is 0 Å². The fourth-order valence-corrected chi connectivity index (χ4v) is 6.21. The van der Waals surface area contributed by atoms with Crippen LogP contribution in [0, 0.1) is 11.3 Å². The van der Waals surface area contributed by atoms with Gasteiger partial charge in [-0.15, -0.1) is 23.2 Å². The summed E-state index contributed by atoms with van der Waals surface area (Å²) in [5.41, 5.74) is 0.271. The van der Waals surface area contributed by atoms with Gasteiger partial charge >= 0.3 is 0 Å². The van der Waals surface area contributed by atoms with E-state index in [9.17, 15) is 8.42 Å². The maximum absolute atomic E-state index is 11.8. The average Bonchev–Trinajstić information content (AvgIpc) is 2.80. The molecule has 2 nitrogen and oxygen atoms in total. The smallest absolute Gasteiger partial charge is 0.150 e. The molecule has 0 bridgehead atoms. The zero-order chi connectivity index (χ0) is 15.7.